The SMILES string of the molecule is O=c1c2ccsc2ncn1Cc1ccccc1[N+](=O)[O-]. The van der Waals surface area contributed by atoms with Crippen LogP contribution < -0.4 is 5.56 Å². The van der Waals surface area contributed by atoms with E-state index in [0.717, 1.165) is 0 Å². The van der Waals surface area contributed by atoms with Crippen molar-refractivity contribution in [3.8, 4) is 0 Å². The number of para-hydroxylation sites is 1. The Morgan fingerprint density at radius 3 is 2.90 bits per heavy atom. The summed E-state index contributed by atoms with van der Waals surface area (Å²) in [4.78, 5) is 27.6. The number of nitro benzene ring substituents is 1. The Hall–Kier alpha value is -2.54. The smallest absolute Gasteiger partial charge is 0.274 e. The van der Waals surface area contributed by atoms with Gasteiger partial charge in [0.05, 0.1) is 23.2 Å². The maximum atomic E-state index is 12.2. The summed E-state index contributed by atoms with van der Waals surface area (Å²) in [7, 11) is 0. The van der Waals surface area contributed by atoms with Crippen LogP contribution in [0.4, 0.5) is 5.69 Å². The summed E-state index contributed by atoms with van der Waals surface area (Å²) in [6.45, 7) is 0.134. The number of nitrogens with zero attached hydrogens (tertiary/aromatic N) is 3. The summed E-state index contributed by atoms with van der Waals surface area (Å²) in [6.07, 6.45) is 1.43. The lowest BCUT2D eigenvalue weighted by Crippen LogP contribution is -2.20. The molecule has 0 saturated carbocycles. The number of thiophene rings is 1. The van der Waals surface area contributed by atoms with Crippen LogP contribution >= 0.6 is 11.3 Å². The van der Waals surface area contributed by atoms with E-state index in [0.29, 0.717) is 15.8 Å². The average Bonchev–Trinajstić information content (AvgIpc) is 2.91. The highest BCUT2D eigenvalue weighted by Crippen LogP contribution is 2.19. The average molecular weight is 287 g/mol. The number of nitro groups is 1. The van der Waals surface area contributed by atoms with Crippen molar-refractivity contribution >= 4 is 27.2 Å². The molecule has 0 saturated heterocycles. The number of rotatable bonds is 3. The van der Waals surface area contributed by atoms with Crippen molar-refractivity contribution < 1.29 is 4.92 Å². The lowest BCUT2D eigenvalue weighted by molar-refractivity contribution is -0.385. The Kier molecular flexibility index (Phi) is 3.03. The lowest BCUT2D eigenvalue weighted by Gasteiger charge is -2.05. The second-order valence-electron chi connectivity index (χ2n) is 4.20. The van der Waals surface area contributed by atoms with Crippen LogP contribution in [0.3, 0.4) is 0 Å². The van der Waals surface area contributed by atoms with Crippen LogP contribution in [-0.4, -0.2) is 14.5 Å². The van der Waals surface area contributed by atoms with E-state index in [1.807, 2.05) is 0 Å². The van der Waals surface area contributed by atoms with Crippen LogP contribution in [-0.2, 0) is 6.54 Å². The predicted molar refractivity (Wildman–Crippen MR) is 76.1 cm³/mol. The van der Waals surface area contributed by atoms with Crippen LogP contribution in [0.2, 0.25) is 0 Å². The third kappa shape index (κ3) is 2.08. The van der Waals surface area contributed by atoms with Crippen molar-refractivity contribution in [3.63, 3.8) is 0 Å². The summed E-state index contributed by atoms with van der Waals surface area (Å²) in [5, 5.41) is 13.3. The van der Waals surface area contributed by atoms with Crippen LogP contribution in [0.25, 0.3) is 10.2 Å². The highest BCUT2D eigenvalue weighted by molar-refractivity contribution is 7.16. The summed E-state index contributed by atoms with van der Waals surface area (Å²) in [5.74, 6) is 0. The highest BCUT2D eigenvalue weighted by atomic mass is 32.1. The molecule has 0 bridgehead atoms. The fraction of sp³-hybridized carbons (Fsp3) is 0.0769. The van der Waals surface area contributed by atoms with E-state index in [2.05, 4.69) is 4.98 Å². The molecule has 0 radical (unpaired) electrons. The first-order valence-corrected chi connectivity index (χ1v) is 6.70. The van der Waals surface area contributed by atoms with Crippen molar-refractivity contribution in [1.29, 1.82) is 0 Å². The van der Waals surface area contributed by atoms with Crippen molar-refractivity contribution in [3.05, 3.63) is 68.1 Å². The van der Waals surface area contributed by atoms with Gasteiger partial charge in [-0.05, 0) is 11.4 Å². The molecule has 0 unspecified atom stereocenters. The van der Waals surface area contributed by atoms with Crippen LogP contribution in [0, 0.1) is 10.1 Å². The maximum absolute atomic E-state index is 12.2. The van der Waals surface area contributed by atoms with Crippen LogP contribution in [0.5, 0.6) is 0 Å². The van der Waals surface area contributed by atoms with E-state index >= 15 is 0 Å². The van der Waals surface area contributed by atoms with Gasteiger partial charge in [-0.3, -0.25) is 19.5 Å². The highest BCUT2D eigenvalue weighted by Gasteiger charge is 2.14. The zero-order chi connectivity index (χ0) is 14.1. The standard InChI is InChI=1S/C13H9N3O3S/c17-13-10-5-6-20-12(10)14-8-15(13)7-9-3-1-2-4-11(9)16(18)19/h1-6,8H,7H2. The van der Waals surface area contributed by atoms with E-state index in [-0.39, 0.29) is 17.8 Å². The first-order valence-electron chi connectivity index (χ1n) is 5.82. The molecule has 3 rings (SSSR count). The molecule has 0 spiro atoms. The minimum atomic E-state index is -0.448. The Morgan fingerprint density at radius 1 is 1.30 bits per heavy atom. The van der Waals surface area contributed by atoms with Crippen molar-refractivity contribution in [2.75, 3.05) is 0 Å². The number of hydrogen-bond donors (Lipinski definition) is 0. The monoisotopic (exact) mass is 287 g/mol. The van der Waals surface area contributed by atoms with Gasteiger partial charge < -0.3 is 0 Å². The Balaban J connectivity index is 2.08. The summed E-state index contributed by atoms with van der Waals surface area (Å²) >= 11 is 1.39. The minimum absolute atomic E-state index is 0.00446. The molecule has 0 amide bonds. The third-order valence-electron chi connectivity index (χ3n) is 2.98. The molecule has 0 aliphatic heterocycles. The summed E-state index contributed by atoms with van der Waals surface area (Å²) in [6, 6.07) is 8.10. The van der Waals surface area contributed by atoms with Crippen LogP contribution in [0.1, 0.15) is 5.56 Å². The molecule has 2 aromatic heterocycles. The van der Waals surface area contributed by atoms with E-state index in [4.69, 9.17) is 0 Å². The molecule has 0 aliphatic rings. The largest absolute Gasteiger partial charge is 0.294 e. The topological polar surface area (TPSA) is 78.0 Å². The second-order valence-corrected chi connectivity index (χ2v) is 5.10. The Labute approximate surface area is 117 Å². The summed E-state index contributed by atoms with van der Waals surface area (Å²) < 4.78 is 1.39. The summed E-state index contributed by atoms with van der Waals surface area (Å²) in [5.41, 5.74) is 0.301. The van der Waals surface area contributed by atoms with Crippen molar-refractivity contribution in [1.82, 2.24) is 9.55 Å². The third-order valence-corrected chi connectivity index (χ3v) is 3.80. The molecule has 2 heterocycles. The lowest BCUT2D eigenvalue weighted by atomic mass is 10.2. The van der Waals surface area contributed by atoms with Gasteiger partial charge in [0.15, 0.2) is 0 Å². The fourth-order valence-corrected chi connectivity index (χ4v) is 2.74. The predicted octanol–water partition coefficient (Wildman–Crippen LogP) is 2.41. The van der Waals surface area contributed by atoms with Gasteiger partial charge in [-0.1, -0.05) is 18.2 Å². The van der Waals surface area contributed by atoms with E-state index in [1.165, 1.54) is 28.3 Å². The Bertz CT molecular complexity index is 853. The number of fused-ring (bicyclic) bond motifs is 1. The zero-order valence-corrected chi connectivity index (χ0v) is 11.0. The number of aromatic nitrogens is 2. The van der Waals surface area contributed by atoms with Gasteiger partial charge in [0.2, 0.25) is 0 Å². The molecular formula is C13H9N3O3S. The fourth-order valence-electron chi connectivity index (χ4n) is 2.01. The molecule has 0 N–H and O–H groups in total. The molecule has 6 nitrogen and oxygen atoms in total. The molecule has 20 heavy (non-hydrogen) atoms. The van der Waals surface area contributed by atoms with Crippen LogP contribution in [0.15, 0.2) is 46.8 Å². The first kappa shape index (κ1) is 12.5. The molecule has 0 atom stereocenters. The molecule has 7 heteroatoms. The number of hydrogen-bond acceptors (Lipinski definition) is 5. The van der Waals surface area contributed by atoms with Gasteiger partial charge in [0.25, 0.3) is 11.2 Å². The van der Waals surface area contributed by atoms with Crippen molar-refractivity contribution in [2.24, 2.45) is 0 Å². The molecule has 1 aromatic carbocycles. The zero-order valence-electron chi connectivity index (χ0n) is 10.2. The molecular weight excluding hydrogens is 278 g/mol. The van der Waals surface area contributed by atoms with Gasteiger partial charge in [-0.25, -0.2) is 4.98 Å². The number of benzene rings is 1. The van der Waals surface area contributed by atoms with Gasteiger partial charge in [0.1, 0.15) is 4.83 Å². The van der Waals surface area contributed by atoms with E-state index in [1.54, 1.807) is 29.6 Å². The van der Waals surface area contributed by atoms with Gasteiger partial charge in [-0.15, -0.1) is 11.3 Å². The molecule has 100 valence electrons. The normalized spacial score (nSPS) is 10.8. The van der Waals surface area contributed by atoms with Gasteiger partial charge >= 0.3 is 0 Å². The van der Waals surface area contributed by atoms with E-state index < -0.39 is 4.92 Å². The first-order chi connectivity index (χ1) is 9.66. The van der Waals surface area contributed by atoms with Gasteiger partial charge in [-0.2, -0.15) is 0 Å². The quantitative estimate of drug-likeness (QED) is 0.547. The molecule has 3 aromatic rings. The van der Waals surface area contributed by atoms with Crippen molar-refractivity contribution in [2.45, 2.75) is 6.54 Å². The maximum Gasteiger partial charge on any atom is 0.274 e. The molecule has 0 aliphatic carbocycles. The minimum Gasteiger partial charge on any atom is -0.294 e. The van der Waals surface area contributed by atoms with E-state index in [9.17, 15) is 14.9 Å². The Morgan fingerprint density at radius 2 is 2.10 bits per heavy atom. The second kappa shape index (κ2) is 4.86. The van der Waals surface area contributed by atoms with Gasteiger partial charge in [0, 0.05) is 11.6 Å². The molecule has 0 fully saturated rings.